The molecule has 0 saturated carbocycles. The molecule has 19 heavy (non-hydrogen) atoms. The molecule has 1 rings (SSSR count). The average molecular weight is 286 g/mol. The lowest BCUT2D eigenvalue weighted by molar-refractivity contribution is 0.0531. The Labute approximate surface area is 115 Å². The highest BCUT2D eigenvalue weighted by Crippen LogP contribution is 2.64. The second kappa shape index (κ2) is 6.19. The molecular formula is C14H23O4P. The second-order valence-electron chi connectivity index (χ2n) is 5.19. The number of rotatable bonds is 6. The molecule has 0 amide bonds. The third-order valence-corrected chi connectivity index (χ3v) is 5.28. The van der Waals surface area contributed by atoms with Crippen molar-refractivity contribution in [2.45, 2.75) is 52.2 Å². The number of aliphatic hydroxyl groups is 1. The van der Waals surface area contributed by atoms with E-state index >= 15 is 0 Å². The molecule has 0 aliphatic carbocycles. The van der Waals surface area contributed by atoms with E-state index in [0.717, 1.165) is 0 Å². The van der Waals surface area contributed by atoms with E-state index in [1.54, 1.807) is 52.0 Å². The summed E-state index contributed by atoms with van der Waals surface area (Å²) in [6.45, 7) is 8.51. The van der Waals surface area contributed by atoms with Gasteiger partial charge in [-0.15, -0.1) is 0 Å². The topological polar surface area (TPSA) is 55.8 Å². The minimum Gasteiger partial charge on any atom is -0.373 e. The Morgan fingerprint density at radius 3 is 1.84 bits per heavy atom. The summed E-state index contributed by atoms with van der Waals surface area (Å²) < 4.78 is 23.9. The Morgan fingerprint density at radius 2 is 1.47 bits per heavy atom. The van der Waals surface area contributed by atoms with Crippen molar-refractivity contribution in [3.05, 3.63) is 35.9 Å². The molecule has 1 N–H and O–H groups in total. The third kappa shape index (κ3) is 3.90. The Hall–Kier alpha value is -0.670. The zero-order valence-corrected chi connectivity index (χ0v) is 13.1. The molecule has 0 fully saturated rings. The summed E-state index contributed by atoms with van der Waals surface area (Å²) in [5.74, 6) is 0. The van der Waals surface area contributed by atoms with Gasteiger partial charge in [0, 0.05) is 0 Å². The monoisotopic (exact) mass is 286 g/mol. The molecule has 1 atom stereocenters. The molecule has 0 aliphatic heterocycles. The van der Waals surface area contributed by atoms with E-state index in [-0.39, 0.29) is 12.2 Å². The molecule has 0 saturated heterocycles. The van der Waals surface area contributed by atoms with Gasteiger partial charge in [0.1, 0.15) is 0 Å². The van der Waals surface area contributed by atoms with Gasteiger partial charge < -0.3 is 14.2 Å². The Bertz CT molecular complexity index is 426. The van der Waals surface area contributed by atoms with Crippen molar-refractivity contribution >= 4 is 7.60 Å². The standard InChI is InChI=1S/C14H23O4P/c1-11(2)17-19(16,18-12(3)4)14(5,15)13-9-7-6-8-10-13/h6-12,15H,1-5H3. The molecular weight excluding hydrogens is 263 g/mol. The van der Waals surface area contributed by atoms with Crippen LogP contribution in [0.15, 0.2) is 30.3 Å². The van der Waals surface area contributed by atoms with Crippen LogP contribution in [-0.2, 0) is 19.0 Å². The van der Waals surface area contributed by atoms with Crippen LogP contribution in [0.3, 0.4) is 0 Å². The quantitative estimate of drug-likeness (QED) is 0.806. The van der Waals surface area contributed by atoms with E-state index < -0.39 is 12.9 Å². The van der Waals surface area contributed by atoms with Gasteiger partial charge in [-0.1, -0.05) is 30.3 Å². The average Bonchev–Trinajstić information content (AvgIpc) is 2.27. The lowest BCUT2D eigenvalue weighted by Gasteiger charge is -2.34. The first-order chi connectivity index (χ1) is 8.69. The Morgan fingerprint density at radius 1 is 1.05 bits per heavy atom. The maximum absolute atomic E-state index is 13.0. The maximum Gasteiger partial charge on any atom is 0.366 e. The highest BCUT2D eigenvalue weighted by molar-refractivity contribution is 7.54. The number of hydrogen-bond donors (Lipinski definition) is 1. The van der Waals surface area contributed by atoms with Crippen molar-refractivity contribution < 1.29 is 18.7 Å². The highest BCUT2D eigenvalue weighted by Gasteiger charge is 2.48. The van der Waals surface area contributed by atoms with E-state index in [1.165, 1.54) is 6.92 Å². The number of benzene rings is 1. The molecule has 0 heterocycles. The van der Waals surface area contributed by atoms with Gasteiger partial charge in [-0.05, 0) is 40.2 Å². The van der Waals surface area contributed by atoms with Gasteiger partial charge in [-0.2, -0.15) is 0 Å². The fraction of sp³-hybridized carbons (Fsp3) is 0.571. The van der Waals surface area contributed by atoms with Gasteiger partial charge >= 0.3 is 7.60 Å². The predicted molar refractivity (Wildman–Crippen MR) is 76.1 cm³/mol. The molecule has 0 bridgehead atoms. The molecule has 5 heteroatoms. The zero-order valence-electron chi connectivity index (χ0n) is 12.2. The highest BCUT2D eigenvalue weighted by atomic mass is 31.2. The summed E-state index contributed by atoms with van der Waals surface area (Å²) in [6, 6.07) is 8.80. The van der Waals surface area contributed by atoms with E-state index in [2.05, 4.69) is 0 Å². The van der Waals surface area contributed by atoms with E-state index in [9.17, 15) is 9.67 Å². The SMILES string of the molecule is CC(C)OP(=O)(OC(C)C)C(C)(O)c1ccccc1. The fourth-order valence-corrected chi connectivity index (χ4v) is 3.73. The first-order valence-corrected chi connectivity index (χ1v) is 7.98. The molecule has 0 aromatic heterocycles. The molecule has 0 aliphatic rings. The van der Waals surface area contributed by atoms with Crippen LogP contribution in [0.1, 0.15) is 40.2 Å². The number of hydrogen-bond acceptors (Lipinski definition) is 4. The van der Waals surface area contributed by atoms with Crippen LogP contribution in [-0.4, -0.2) is 17.3 Å². The summed E-state index contributed by atoms with van der Waals surface area (Å²) in [7, 11) is -3.70. The maximum atomic E-state index is 13.0. The van der Waals surface area contributed by atoms with Crippen molar-refractivity contribution in [1.29, 1.82) is 0 Å². The van der Waals surface area contributed by atoms with Crippen LogP contribution >= 0.6 is 7.60 Å². The van der Waals surface area contributed by atoms with E-state index in [1.807, 2.05) is 6.07 Å². The van der Waals surface area contributed by atoms with Crippen molar-refractivity contribution in [3.8, 4) is 0 Å². The first kappa shape index (κ1) is 16.4. The summed E-state index contributed by atoms with van der Waals surface area (Å²) in [5, 5.41) is 9.01. The molecule has 1 aromatic carbocycles. The van der Waals surface area contributed by atoms with E-state index in [4.69, 9.17) is 9.05 Å². The van der Waals surface area contributed by atoms with Crippen LogP contribution in [0.25, 0.3) is 0 Å². The van der Waals surface area contributed by atoms with Crippen LogP contribution in [0, 0.1) is 0 Å². The van der Waals surface area contributed by atoms with Crippen LogP contribution in [0.4, 0.5) is 0 Å². The molecule has 1 aromatic rings. The summed E-state index contributed by atoms with van der Waals surface area (Å²) in [6.07, 6.45) is -0.612. The normalized spacial score (nSPS) is 15.8. The van der Waals surface area contributed by atoms with Gasteiger partial charge in [-0.25, -0.2) is 0 Å². The smallest absolute Gasteiger partial charge is 0.366 e. The minimum absolute atomic E-state index is 0.306. The van der Waals surface area contributed by atoms with Gasteiger partial charge in [0.2, 0.25) is 0 Å². The molecule has 1 unspecified atom stereocenters. The molecule has 4 nitrogen and oxygen atoms in total. The Kier molecular flexibility index (Phi) is 5.34. The van der Waals surface area contributed by atoms with Crippen LogP contribution in [0.2, 0.25) is 0 Å². The third-order valence-electron chi connectivity index (χ3n) is 2.55. The second-order valence-corrected chi connectivity index (χ2v) is 7.48. The van der Waals surface area contributed by atoms with Gasteiger partial charge in [0.05, 0.1) is 12.2 Å². The predicted octanol–water partition coefficient (Wildman–Crippen LogP) is 3.89. The summed E-state index contributed by atoms with van der Waals surface area (Å²) >= 11 is 0. The van der Waals surface area contributed by atoms with E-state index in [0.29, 0.717) is 5.56 Å². The van der Waals surface area contributed by atoms with Crippen molar-refractivity contribution in [3.63, 3.8) is 0 Å². The summed E-state index contributed by atoms with van der Waals surface area (Å²) in [4.78, 5) is 0. The lowest BCUT2D eigenvalue weighted by atomic mass is 10.1. The Balaban J connectivity index is 3.19. The minimum atomic E-state index is -3.70. The summed E-state index contributed by atoms with van der Waals surface area (Å²) in [5.41, 5.74) is 0.514. The molecule has 0 spiro atoms. The first-order valence-electron chi connectivity index (χ1n) is 6.44. The fourth-order valence-electron chi connectivity index (χ4n) is 1.70. The largest absolute Gasteiger partial charge is 0.373 e. The molecule has 0 radical (unpaired) electrons. The molecule has 108 valence electrons. The van der Waals surface area contributed by atoms with Crippen molar-refractivity contribution in [1.82, 2.24) is 0 Å². The van der Waals surface area contributed by atoms with Gasteiger partial charge in [0.15, 0.2) is 5.34 Å². The van der Waals surface area contributed by atoms with Gasteiger partial charge in [-0.3, -0.25) is 4.57 Å². The lowest BCUT2D eigenvalue weighted by Crippen LogP contribution is -2.27. The van der Waals surface area contributed by atoms with Gasteiger partial charge in [0.25, 0.3) is 0 Å². The zero-order chi connectivity index (χ0) is 14.7. The van der Waals surface area contributed by atoms with Crippen LogP contribution in [0.5, 0.6) is 0 Å². The van der Waals surface area contributed by atoms with Crippen LogP contribution < -0.4 is 0 Å². The van der Waals surface area contributed by atoms with Crippen molar-refractivity contribution in [2.24, 2.45) is 0 Å². The van der Waals surface area contributed by atoms with Crippen molar-refractivity contribution in [2.75, 3.05) is 0 Å².